The van der Waals surface area contributed by atoms with Gasteiger partial charge in [-0.15, -0.1) is 11.8 Å². The van der Waals surface area contributed by atoms with E-state index in [1.807, 2.05) is 41.5 Å². The molecule has 156 valence electrons. The molecule has 0 bridgehead atoms. The highest BCUT2D eigenvalue weighted by molar-refractivity contribution is 9.11. The standard InChI is InChI=1S/C20H28BrNO5S/c1-7-9-14(12-10-15(13(21)8-2)27-17(12)24)26-18(25)16-19(3,4)28-20(5,6)22(16)11-23/h10-11,14,16H,7-9H2,1-6H3/b15-13-. The lowest BCUT2D eigenvalue weighted by Gasteiger charge is -2.32. The Kier molecular flexibility index (Phi) is 7.08. The minimum atomic E-state index is -0.736. The molecule has 0 saturated carbocycles. The number of carbonyl (C=O) groups excluding carboxylic acids is 3. The zero-order chi connectivity index (χ0) is 21.3. The van der Waals surface area contributed by atoms with Gasteiger partial charge in [0.05, 0.1) is 10.4 Å². The Morgan fingerprint density at radius 3 is 2.57 bits per heavy atom. The largest absolute Gasteiger partial charge is 0.456 e. The molecular weight excluding hydrogens is 446 g/mol. The number of rotatable bonds is 7. The quantitative estimate of drug-likeness (QED) is 0.405. The highest BCUT2D eigenvalue weighted by Crippen LogP contribution is 2.50. The molecule has 8 heteroatoms. The van der Waals surface area contributed by atoms with Gasteiger partial charge in [0.2, 0.25) is 6.41 Å². The van der Waals surface area contributed by atoms with E-state index in [2.05, 4.69) is 15.9 Å². The molecule has 0 aromatic rings. The molecule has 6 nitrogen and oxygen atoms in total. The minimum Gasteiger partial charge on any atom is -0.456 e. The van der Waals surface area contributed by atoms with Crippen molar-refractivity contribution in [2.24, 2.45) is 0 Å². The molecule has 1 fully saturated rings. The van der Waals surface area contributed by atoms with Crippen LogP contribution < -0.4 is 0 Å². The van der Waals surface area contributed by atoms with Gasteiger partial charge in [-0.1, -0.05) is 36.2 Å². The number of cyclic esters (lactones) is 1. The van der Waals surface area contributed by atoms with Crippen molar-refractivity contribution in [3.63, 3.8) is 0 Å². The fourth-order valence-electron chi connectivity index (χ4n) is 3.65. The number of halogens is 1. The average molecular weight is 474 g/mol. The number of hydrogen-bond donors (Lipinski definition) is 0. The van der Waals surface area contributed by atoms with Crippen molar-refractivity contribution in [3.05, 3.63) is 21.9 Å². The molecule has 0 spiro atoms. The predicted octanol–water partition coefficient (Wildman–Crippen LogP) is 4.29. The second-order valence-electron chi connectivity index (χ2n) is 7.89. The average Bonchev–Trinajstić information content (AvgIpc) is 3.06. The van der Waals surface area contributed by atoms with Gasteiger partial charge in [0, 0.05) is 9.23 Å². The van der Waals surface area contributed by atoms with Crippen LogP contribution in [0.15, 0.2) is 21.9 Å². The molecule has 1 saturated heterocycles. The molecule has 28 heavy (non-hydrogen) atoms. The van der Waals surface area contributed by atoms with Crippen molar-refractivity contribution in [2.75, 3.05) is 0 Å². The summed E-state index contributed by atoms with van der Waals surface area (Å²) in [5.41, 5.74) is 0.330. The SMILES string of the molecule is CCCC(OC(=O)C1N(C=O)C(C)(C)SC1(C)C)C1=C/C(=C(/Br)CC)OC1=O. The van der Waals surface area contributed by atoms with E-state index in [1.165, 1.54) is 4.90 Å². The lowest BCUT2D eigenvalue weighted by Crippen LogP contribution is -2.51. The van der Waals surface area contributed by atoms with Crippen LogP contribution in [0.1, 0.15) is 60.8 Å². The highest BCUT2D eigenvalue weighted by Gasteiger charge is 2.55. The van der Waals surface area contributed by atoms with Crippen LogP contribution >= 0.6 is 27.7 Å². The Morgan fingerprint density at radius 1 is 1.39 bits per heavy atom. The molecule has 2 rings (SSSR count). The zero-order valence-electron chi connectivity index (χ0n) is 17.2. The van der Waals surface area contributed by atoms with Gasteiger partial charge < -0.3 is 14.4 Å². The normalized spacial score (nSPS) is 25.8. The smallest absolute Gasteiger partial charge is 0.343 e. The maximum atomic E-state index is 13.1. The number of allylic oxidation sites excluding steroid dienone is 2. The number of thioether (sulfide) groups is 1. The lowest BCUT2D eigenvalue weighted by atomic mass is 10.0. The van der Waals surface area contributed by atoms with Crippen LogP contribution in [0.3, 0.4) is 0 Å². The number of hydrogen-bond acceptors (Lipinski definition) is 6. The van der Waals surface area contributed by atoms with Crippen LogP contribution in [-0.2, 0) is 23.9 Å². The maximum Gasteiger partial charge on any atom is 0.343 e. The first-order valence-corrected chi connectivity index (χ1v) is 11.1. The molecule has 0 N–H and O–H groups in total. The first kappa shape index (κ1) is 23.0. The van der Waals surface area contributed by atoms with Gasteiger partial charge in [0.15, 0.2) is 0 Å². The van der Waals surface area contributed by atoms with E-state index in [1.54, 1.807) is 17.8 Å². The fraction of sp³-hybridized carbons (Fsp3) is 0.650. The number of carbonyl (C=O) groups is 3. The predicted molar refractivity (Wildman–Crippen MR) is 113 cm³/mol. The summed E-state index contributed by atoms with van der Waals surface area (Å²) in [6.45, 7) is 11.5. The van der Waals surface area contributed by atoms with Gasteiger partial charge in [0.25, 0.3) is 0 Å². The molecule has 2 atom stereocenters. The summed E-state index contributed by atoms with van der Waals surface area (Å²) in [5.74, 6) is -0.555. The van der Waals surface area contributed by atoms with E-state index in [-0.39, 0.29) is 0 Å². The Morgan fingerprint density at radius 2 is 2.04 bits per heavy atom. The van der Waals surface area contributed by atoms with E-state index in [9.17, 15) is 14.4 Å². The van der Waals surface area contributed by atoms with Crippen molar-refractivity contribution in [3.8, 4) is 0 Å². The summed E-state index contributed by atoms with van der Waals surface area (Å²) < 4.78 is 11.4. The summed E-state index contributed by atoms with van der Waals surface area (Å²) in [6, 6.07) is -0.736. The van der Waals surface area contributed by atoms with Gasteiger partial charge in [0.1, 0.15) is 17.9 Å². The monoisotopic (exact) mass is 473 g/mol. The number of ether oxygens (including phenoxy) is 2. The van der Waals surface area contributed by atoms with Gasteiger partial charge >= 0.3 is 11.9 Å². The van der Waals surface area contributed by atoms with Gasteiger partial charge in [-0.05, 0) is 46.6 Å². The molecule has 2 heterocycles. The topological polar surface area (TPSA) is 72.9 Å². The van der Waals surface area contributed by atoms with Crippen molar-refractivity contribution >= 4 is 46.0 Å². The molecule has 2 unspecified atom stereocenters. The molecule has 2 aliphatic rings. The highest BCUT2D eigenvalue weighted by atomic mass is 79.9. The first-order chi connectivity index (χ1) is 13.0. The van der Waals surface area contributed by atoms with Crippen LogP contribution in [0, 0.1) is 0 Å². The Labute approximate surface area is 179 Å². The number of nitrogens with zero attached hydrogens (tertiary/aromatic N) is 1. The summed E-state index contributed by atoms with van der Waals surface area (Å²) in [4.78, 5) is 38.2. The van der Waals surface area contributed by atoms with E-state index < -0.39 is 33.7 Å². The summed E-state index contributed by atoms with van der Waals surface area (Å²) >= 11 is 4.95. The van der Waals surface area contributed by atoms with Crippen LogP contribution in [0.5, 0.6) is 0 Å². The van der Waals surface area contributed by atoms with E-state index in [0.29, 0.717) is 30.6 Å². The third-order valence-corrected chi connectivity index (χ3v) is 7.28. The Balaban J connectivity index is 2.31. The molecule has 0 aromatic heterocycles. The Hall–Kier alpha value is -1.28. The molecule has 0 radical (unpaired) electrons. The van der Waals surface area contributed by atoms with Gasteiger partial charge in [-0.3, -0.25) is 4.79 Å². The Bertz CT molecular complexity index is 728. The third kappa shape index (κ3) is 4.48. The second-order valence-corrected chi connectivity index (χ2v) is 11.1. The van der Waals surface area contributed by atoms with Crippen molar-refractivity contribution in [2.45, 2.75) is 82.6 Å². The van der Waals surface area contributed by atoms with Gasteiger partial charge in [-0.2, -0.15) is 0 Å². The van der Waals surface area contributed by atoms with Gasteiger partial charge in [-0.25, -0.2) is 9.59 Å². The molecule has 2 aliphatic heterocycles. The van der Waals surface area contributed by atoms with Crippen LogP contribution in [0.25, 0.3) is 0 Å². The number of amides is 1. The maximum absolute atomic E-state index is 13.1. The van der Waals surface area contributed by atoms with E-state index in [4.69, 9.17) is 9.47 Å². The summed E-state index contributed by atoms with van der Waals surface area (Å²) in [7, 11) is 0. The van der Waals surface area contributed by atoms with Crippen LogP contribution in [-0.4, -0.2) is 45.0 Å². The summed E-state index contributed by atoms with van der Waals surface area (Å²) in [6.07, 6.45) is 3.53. The molecule has 0 aliphatic carbocycles. The first-order valence-electron chi connectivity index (χ1n) is 9.45. The van der Waals surface area contributed by atoms with Crippen LogP contribution in [0.2, 0.25) is 0 Å². The van der Waals surface area contributed by atoms with Crippen LogP contribution in [0.4, 0.5) is 0 Å². The van der Waals surface area contributed by atoms with Crippen molar-refractivity contribution < 1.29 is 23.9 Å². The van der Waals surface area contributed by atoms with Crippen molar-refractivity contribution in [1.82, 2.24) is 4.90 Å². The fourth-order valence-corrected chi connectivity index (χ4v) is 5.71. The number of esters is 2. The second kappa shape index (κ2) is 8.61. The lowest BCUT2D eigenvalue weighted by molar-refractivity contribution is -0.158. The molecular formula is C20H28BrNO5S. The van der Waals surface area contributed by atoms with Crippen molar-refractivity contribution in [1.29, 1.82) is 0 Å². The van der Waals surface area contributed by atoms with E-state index >= 15 is 0 Å². The third-order valence-electron chi connectivity index (χ3n) is 4.87. The zero-order valence-corrected chi connectivity index (χ0v) is 19.6. The minimum absolute atomic E-state index is 0.330. The molecule has 0 aromatic carbocycles. The van der Waals surface area contributed by atoms with E-state index in [0.717, 1.165) is 10.9 Å². The molecule has 1 amide bonds. The summed E-state index contributed by atoms with van der Waals surface area (Å²) in [5, 5.41) is 0.